The molecule has 1 aromatic heterocycles. The fraction of sp³-hybridized carbons (Fsp3) is 0.634. The van der Waals surface area contributed by atoms with Gasteiger partial charge in [0, 0.05) is 23.9 Å². The van der Waals surface area contributed by atoms with Crippen molar-refractivity contribution >= 4 is 44.6 Å². The Bertz CT molecular complexity index is 2130. The lowest BCUT2D eigenvalue weighted by molar-refractivity contribution is -0.222. The Morgan fingerprint density at radius 1 is 1.12 bits per heavy atom. The molecule has 0 bridgehead atoms. The number of allylic oxidation sites excluding steroid dienone is 1. The number of benzene rings is 1. The molecule has 6 rings (SSSR count). The van der Waals surface area contributed by atoms with Crippen LogP contribution >= 0.6 is 0 Å². The molecule has 324 valence electrons. The second-order valence-corrected chi connectivity index (χ2v) is 20.0. The minimum absolute atomic E-state index is 0.0537. The molecule has 3 N–H and O–H groups in total. The van der Waals surface area contributed by atoms with Gasteiger partial charge in [0.2, 0.25) is 27.7 Å². The Labute approximate surface area is 342 Å². The molecular weight excluding hydrogens is 796 g/mol. The van der Waals surface area contributed by atoms with E-state index in [-0.39, 0.29) is 48.6 Å². The summed E-state index contributed by atoms with van der Waals surface area (Å²) in [5, 5.41) is 14.5. The van der Waals surface area contributed by atoms with Gasteiger partial charge in [0.25, 0.3) is 5.91 Å². The predicted molar refractivity (Wildman–Crippen MR) is 211 cm³/mol. The zero-order chi connectivity index (χ0) is 43.5. The van der Waals surface area contributed by atoms with Gasteiger partial charge in [-0.1, -0.05) is 26.0 Å². The van der Waals surface area contributed by atoms with E-state index < -0.39 is 85.9 Å². The number of nitrogens with one attached hydrogen (secondary N) is 2. The third-order valence-corrected chi connectivity index (χ3v) is 14.5. The van der Waals surface area contributed by atoms with Crippen LogP contribution < -0.4 is 19.5 Å². The molecule has 2 saturated carbocycles. The maximum atomic E-state index is 15.0. The molecule has 2 aromatic rings. The first-order valence-corrected chi connectivity index (χ1v) is 21.6. The Kier molecular flexibility index (Phi) is 11.8. The number of hydrogen-bond acceptors (Lipinski definition) is 9. The van der Waals surface area contributed by atoms with Crippen LogP contribution in [0.15, 0.2) is 42.6 Å². The number of amides is 4. The molecule has 4 amide bonds. The van der Waals surface area contributed by atoms with Crippen molar-refractivity contribution in [2.24, 2.45) is 17.8 Å². The van der Waals surface area contributed by atoms with E-state index in [2.05, 4.69) is 15.0 Å². The molecule has 1 aromatic carbocycles. The van der Waals surface area contributed by atoms with E-state index in [0.29, 0.717) is 56.1 Å². The van der Waals surface area contributed by atoms with E-state index >= 15 is 4.79 Å². The van der Waals surface area contributed by atoms with Crippen molar-refractivity contribution in [2.45, 2.75) is 140 Å². The van der Waals surface area contributed by atoms with E-state index in [1.165, 1.54) is 20.0 Å². The second kappa shape index (κ2) is 15.8. The highest BCUT2D eigenvalue weighted by Crippen LogP contribution is 2.48. The van der Waals surface area contributed by atoms with Gasteiger partial charge in [-0.05, 0) is 115 Å². The zero-order valence-corrected chi connectivity index (χ0v) is 35.2. The van der Waals surface area contributed by atoms with Crippen molar-refractivity contribution in [2.75, 3.05) is 6.54 Å². The highest BCUT2D eigenvalue weighted by Gasteiger charge is 2.64. The van der Waals surface area contributed by atoms with Gasteiger partial charge in [-0.25, -0.2) is 18.2 Å². The van der Waals surface area contributed by atoms with Gasteiger partial charge >= 0.3 is 12.3 Å². The summed E-state index contributed by atoms with van der Waals surface area (Å²) in [5.41, 5.74) is -4.75. The first kappa shape index (κ1) is 44.0. The number of carbonyl (C=O) groups is 4. The lowest BCUT2D eigenvalue weighted by atomic mass is 9.85. The Balaban J connectivity index is 1.41. The molecule has 2 aliphatic heterocycles. The lowest BCUT2D eigenvalue weighted by Gasteiger charge is -2.45. The quantitative estimate of drug-likeness (QED) is 0.255. The minimum atomic E-state index is -5.09. The smallest absolute Gasteiger partial charge is 0.411 e. The van der Waals surface area contributed by atoms with Crippen LogP contribution in [0, 0.1) is 17.8 Å². The number of aromatic nitrogens is 1. The average Bonchev–Trinajstić information content (AvgIpc) is 4.01. The monoisotopic (exact) mass is 849 g/mol. The minimum Gasteiger partial charge on any atom is -0.491 e. The number of ether oxygens (including phenoxy) is 2. The zero-order valence-electron chi connectivity index (χ0n) is 34.3. The first-order valence-electron chi connectivity index (χ1n) is 20.1. The number of pyridine rings is 1. The van der Waals surface area contributed by atoms with Gasteiger partial charge in [-0.2, -0.15) is 13.2 Å². The van der Waals surface area contributed by atoms with E-state index in [9.17, 15) is 41.1 Å². The molecule has 1 saturated heterocycles. The summed E-state index contributed by atoms with van der Waals surface area (Å²) in [7, 11) is -4.12. The molecule has 3 fully saturated rings. The van der Waals surface area contributed by atoms with Crippen LogP contribution in [0.25, 0.3) is 10.8 Å². The Hall–Kier alpha value is -4.61. The molecule has 0 unspecified atom stereocenters. The summed E-state index contributed by atoms with van der Waals surface area (Å²) in [6.45, 7) is 9.71. The van der Waals surface area contributed by atoms with Crippen LogP contribution in [0.1, 0.15) is 93.4 Å². The maximum Gasteiger partial charge on any atom is 0.411 e. The highest BCUT2D eigenvalue weighted by molar-refractivity contribution is 7.91. The first-order chi connectivity index (χ1) is 27.4. The molecule has 4 aliphatic rings. The van der Waals surface area contributed by atoms with Crippen molar-refractivity contribution < 1.29 is 55.3 Å². The maximum absolute atomic E-state index is 15.0. The summed E-state index contributed by atoms with van der Waals surface area (Å²) in [6.07, 6.45) is -1.39. The van der Waals surface area contributed by atoms with Crippen LogP contribution in [0.2, 0.25) is 0 Å². The highest BCUT2D eigenvalue weighted by atomic mass is 32.2. The molecule has 0 radical (unpaired) electrons. The van der Waals surface area contributed by atoms with E-state index in [1.54, 1.807) is 30.3 Å². The largest absolute Gasteiger partial charge is 0.491 e. The van der Waals surface area contributed by atoms with Gasteiger partial charge in [-0.3, -0.25) is 24.0 Å². The van der Waals surface area contributed by atoms with E-state index in [4.69, 9.17) is 9.47 Å². The number of hydrogen-bond donors (Lipinski definition) is 3. The van der Waals surface area contributed by atoms with Crippen LogP contribution in [-0.4, -0.2) is 105 Å². The summed E-state index contributed by atoms with van der Waals surface area (Å²) in [4.78, 5) is 62.1. The standard InChI is InChI=1S/C41H54F3N5O9S/c1-23(2)57-28-12-13-30-26(19-28)14-17-45-34(30)58-29-20-31-33(50)46-40(36(52)47-59(55,56)39(7)15-16-39)21-27(40)11-9-8-10-24(3)18-25(4)32(35(51)48(31)22-29)49(37(53)54)38(5,6)41(42,43)44/h9,11-14,17,19,23-25,27,29,31-32H,8,10,15-16,18,20-22H2,1-7H3,(H,46,50)(H,47,52)(H,53,54)/b11-9-/t24-,25-,27-,29-,31+,32+,40-/m1/s1. The number of halogens is 3. The summed E-state index contributed by atoms with van der Waals surface area (Å²) < 4.78 is 83.8. The van der Waals surface area contributed by atoms with Crippen molar-refractivity contribution in [1.82, 2.24) is 24.8 Å². The van der Waals surface area contributed by atoms with E-state index in [0.717, 1.165) is 4.90 Å². The Morgan fingerprint density at radius 3 is 2.44 bits per heavy atom. The fourth-order valence-corrected chi connectivity index (χ4v) is 9.62. The topological polar surface area (TPSA) is 185 Å². The van der Waals surface area contributed by atoms with Gasteiger partial charge in [0.05, 0.1) is 17.4 Å². The molecule has 2 aliphatic carbocycles. The van der Waals surface area contributed by atoms with Gasteiger partial charge < -0.3 is 24.8 Å². The molecule has 59 heavy (non-hydrogen) atoms. The van der Waals surface area contributed by atoms with E-state index in [1.807, 2.05) is 26.8 Å². The van der Waals surface area contributed by atoms with Crippen LogP contribution in [-0.2, 0) is 24.4 Å². The van der Waals surface area contributed by atoms with Gasteiger partial charge in [-0.15, -0.1) is 0 Å². The van der Waals surface area contributed by atoms with Crippen LogP contribution in [0.5, 0.6) is 11.6 Å². The fourth-order valence-electron chi connectivity index (χ4n) is 8.31. The third-order valence-electron chi connectivity index (χ3n) is 12.3. The van der Waals surface area contributed by atoms with Gasteiger partial charge in [0.1, 0.15) is 35.0 Å². The van der Waals surface area contributed by atoms with Crippen LogP contribution in [0.3, 0.4) is 0 Å². The number of sulfonamides is 1. The summed E-state index contributed by atoms with van der Waals surface area (Å²) in [6, 6.07) is 3.65. The SMILES string of the molecule is CC(C)Oc1ccc2c(O[C@@H]3C[C@H]4C(=O)N[C@]5(C(=O)NS(=O)(=O)C6(C)CC6)C[C@H]5/C=C\CC[C@@H](C)C[C@@H](C)[C@H](N(C(=O)O)C(C)(C)C(F)(F)F)C(=O)N4C3)nccc2c1. The molecule has 3 heterocycles. The third kappa shape index (κ3) is 8.69. The van der Waals surface area contributed by atoms with Crippen molar-refractivity contribution in [3.05, 3.63) is 42.6 Å². The summed E-state index contributed by atoms with van der Waals surface area (Å²) in [5.74, 6) is -3.85. The molecular formula is C41H54F3N5O9S. The van der Waals surface area contributed by atoms with Crippen molar-refractivity contribution in [3.8, 4) is 11.6 Å². The van der Waals surface area contributed by atoms with Gasteiger partial charge in [0.15, 0.2) is 0 Å². The normalized spacial score (nSPS) is 29.3. The van der Waals surface area contributed by atoms with Crippen molar-refractivity contribution in [1.29, 1.82) is 0 Å². The number of alkyl halides is 3. The molecule has 7 atom stereocenters. The molecule has 0 spiro atoms. The number of fused-ring (bicyclic) bond motifs is 3. The second-order valence-electron chi connectivity index (χ2n) is 17.8. The Morgan fingerprint density at radius 2 is 1.81 bits per heavy atom. The summed E-state index contributed by atoms with van der Waals surface area (Å²) >= 11 is 0. The predicted octanol–water partition coefficient (Wildman–Crippen LogP) is 5.95. The lowest BCUT2D eigenvalue weighted by Crippen LogP contribution is -2.66. The number of nitrogens with zero attached hydrogens (tertiary/aromatic N) is 3. The number of rotatable bonds is 9. The average molecular weight is 850 g/mol. The number of carbonyl (C=O) groups excluding carboxylic acids is 3. The molecule has 14 nitrogen and oxygen atoms in total. The number of carboxylic acid groups (broad SMARTS) is 1. The molecule has 18 heteroatoms. The van der Waals surface area contributed by atoms with Crippen LogP contribution in [0.4, 0.5) is 18.0 Å². The van der Waals surface area contributed by atoms with Crippen molar-refractivity contribution in [3.63, 3.8) is 0 Å².